The predicted molar refractivity (Wildman–Crippen MR) is 113 cm³/mol. The van der Waals surface area contributed by atoms with Crippen molar-refractivity contribution < 1.29 is 4.39 Å². The summed E-state index contributed by atoms with van der Waals surface area (Å²) in [5.41, 5.74) is 1.12. The van der Waals surface area contributed by atoms with Crippen molar-refractivity contribution in [1.29, 1.82) is 0 Å². The van der Waals surface area contributed by atoms with Crippen molar-refractivity contribution in [1.82, 2.24) is 15.6 Å². The van der Waals surface area contributed by atoms with Gasteiger partial charge in [-0.25, -0.2) is 9.37 Å². The van der Waals surface area contributed by atoms with Crippen molar-refractivity contribution in [3.05, 3.63) is 51.7 Å². The van der Waals surface area contributed by atoms with Crippen LogP contribution in [0.5, 0.6) is 0 Å². The number of hydrogen-bond donors (Lipinski definition) is 2. The Labute approximate surface area is 169 Å². The van der Waals surface area contributed by atoms with Crippen molar-refractivity contribution in [2.24, 2.45) is 4.99 Å². The zero-order chi connectivity index (χ0) is 17.0. The molecule has 0 atom stereocenters. The second-order valence-corrected chi connectivity index (χ2v) is 7.58. The maximum Gasteiger partial charge on any atom is 0.191 e. The molecule has 1 heterocycles. The number of thiazole rings is 1. The SMILES string of the molecule is CN=C(NCCc1ncc(C)s1)NCC1(c2cccc(F)c2)CC1.I. The third-order valence-corrected chi connectivity index (χ3v) is 5.38. The Kier molecular flexibility index (Phi) is 7.18. The molecule has 2 N–H and O–H groups in total. The van der Waals surface area contributed by atoms with Gasteiger partial charge in [0.05, 0.1) is 5.01 Å². The molecular weight excluding hydrogens is 450 g/mol. The van der Waals surface area contributed by atoms with E-state index in [4.69, 9.17) is 0 Å². The fourth-order valence-corrected chi connectivity index (χ4v) is 3.60. The Morgan fingerprint density at radius 1 is 1.36 bits per heavy atom. The van der Waals surface area contributed by atoms with Crippen molar-refractivity contribution >= 4 is 41.3 Å². The zero-order valence-electron chi connectivity index (χ0n) is 14.5. The molecule has 0 amide bonds. The summed E-state index contributed by atoms with van der Waals surface area (Å²) < 4.78 is 13.5. The van der Waals surface area contributed by atoms with Crippen LogP contribution in [0.3, 0.4) is 0 Å². The van der Waals surface area contributed by atoms with Crippen LogP contribution >= 0.6 is 35.3 Å². The van der Waals surface area contributed by atoms with E-state index in [1.165, 1.54) is 10.9 Å². The normalized spacial score (nSPS) is 15.4. The Morgan fingerprint density at radius 2 is 2.16 bits per heavy atom. The molecule has 1 aromatic carbocycles. The molecule has 136 valence electrons. The first kappa shape index (κ1) is 20.1. The number of aromatic nitrogens is 1. The largest absolute Gasteiger partial charge is 0.356 e. The molecule has 0 spiro atoms. The maximum atomic E-state index is 13.5. The average molecular weight is 474 g/mol. The highest BCUT2D eigenvalue weighted by Gasteiger charge is 2.44. The molecule has 0 saturated heterocycles. The molecule has 1 aromatic heterocycles. The van der Waals surface area contributed by atoms with Gasteiger partial charge in [0.2, 0.25) is 0 Å². The van der Waals surface area contributed by atoms with Crippen LogP contribution in [-0.2, 0) is 11.8 Å². The van der Waals surface area contributed by atoms with E-state index < -0.39 is 0 Å². The van der Waals surface area contributed by atoms with Gasteiger partial charge in [-0.15, -0.1) is 35.3 Å². The summed E-state index contributed by atoms with van der Waals surface area (Å²) in [7, 11) is 1.77. The van der Waals surface area contributed by atoms with Crippen LogP contribution in [0.15, 0.2) is 35.5 Å². The lowest BCUT2D eigenvalue weighted by Crippen LogP contribution is -2.42. The number of aliphatic imine (C=N–C) groups is 1. The molecule has 1 aliphatic carbocycles. The monoisotopic (exact) mass is 474 g/mol. The minimum absolute atomic E-state index is 0. The number of nitrogens with zero attached hydrogens (tertiary/aromatic N) is 2. The standard InChI is InChI=1S/C18H23FN4S.HI/c1-13-11-22-16(24-13)6-9-21-17(20-2)23-12-18(7-8-18)14-4-3-5-15(19)10-14;/h3-5,10-11H,6-9,12H2,1-2H3,(H2,20,21,23);1H. The summed E-state index contributed by atoms with van der Waals surface area (Å²) in [4.78, 5) is 9.87. The lowest BCUT2D eigenvalue weighted by molar-refractivity contribution is 0.607. The molecule has 2 aromatic rings. The minimum Gasteiger partial charge on any atom is -0.356 e. The van der Waals surface area contributed by atoms with Gasteiger partial charge in [0.15, 0.2) is 5.96 Å². The molecule has 1 aliphatic rings. The van der Waals surface area contributed by atoms with Crippen molar-refractivity contribution in [3.8, 4) is 0 Å². The van der Waals surface area contributed by atoms with Crippen LogP contribution in [0.1, 0.15) is 28.3 Å². The summed E-state index contributed by atoms with van der Waals surface area (Å²) in [6.07, 6.45) is 4.95. The third-order valence-electron chi connectivity index (χ3n) is 4.41. The minimum atomic E-state index is -0.167. The number of halogens is 2. The first-order chi connectivity index (χ1) is 11.6. The lowest BCUT2D eigenvalue weighted by Gasteiger charge is -2.19. The molecule has 0 radical (unpaired) electrons. The summed E-state index contributed by atoms with van der Waals surface area (Å²) in [5.74, 6) is 0.617. The van der Waals surface area contributed by atoms with Gasteiger partial charge in [-0.2, -0.15) is 0 Å². The van der Waals surface area contributed by atoms with Crippen LogP contribution in [0.2, 0.25) is 0 Å². The first-order valence-electron chi connectivity index (χ1n) is 8.23. The smallest absolute Gasteiger partial charge is 0.191 e. The lowest BCUT2D eigenvalue weighted by atomic mass is 9.96. The summed E-state index contributed by atoms with van der Waals surface area (Å²) >= 11 is 1.73. The molecule has 0 bridgehead atoms. The second-order valence-electron chi connectivity index (χ2n) is 6.26. The van der Waals surface area contributed by atoms with Gasteiger partial charge in [0.25, 0.3) is 0 Å². The molecule has 0 aliphatic heterocycles. The van der Waals surface area contributed by atoms with E-state index in [-0.39, 0.29) is 35.2 Å². The van der Waals surface area contributed by atoms with Crippen LogP contribution in [-0.4, -0.2) is 31.1 Å². The Morgan fingerprint density at radius 3 is 2.76 bits per heavy atom. The van der Waals surface area contributed by atoms with Crippen LogP contribution in [0.25, 0.3) is 0 Å². The predicted octanol–water partition coefficient (Wildman–Crippen LogP) is 3.65. The van der Waals surface area contributed by atoms with E-state index in [0.717, 1.165) is 48.9 Å². The molecule has 1 saturated carbocycles. The fourth-order valence-electron chi connectivity index (χ4n) is 2.82. The van der Waals surface area contributed by atoms with Gasteiger partial charge in [-0.3, -0.25) is 4.99 Å². The molecular formula is C18H24FIN4S. The topological polar surface area (TPSA) is 49.3 Å². The third kappa shape index (κ3) is 5.37. The van der Waals surface area contributed by atoms with Gasteiger partial charge >= 0.3 is 0 Å². The number of hydrogen-bond acceptors (Lipinski definition) is 3. The van der Waals surface area contributed by atoms with E-state index in [1.807, 2.05) is 12.3 Å². The number of rotatable bonds is 6. The molecule has 1 fully saturated rings. The van der Waals surface area contributed by atoms with Crippen LogP contribution in [0.4, 0.5) is 4.39 Å². The molecule has 25 heavy (non-hydrogen) atoms. The van der Waals surface area contributed by atoms with Gasteiger partial charge in [-0.05, 0) is 37.5 Å². The summed E-state index contributed by atoms with van der Waals surface area (Å²) in [5, 5.41) is 7.84. The van der Waals surface area contributed by atoms with E-state index in [2.05, 4.69) is 27.5 Å². The highest BCUT2D eigenvalue weighted by Crippen LogP contribution is 2.47. The number of guanidine groups is 1. The van der Waals surface area contributed by atoms with Crippen molar-refractivity contribution in [2.75, 3.05) is 20.1 Å². The highest BCUT2D eigenvalue weighted by molar-refractivity contribution is 14.0. The number of benzene rings is 1. The Hall–Kier alpha value is -1.22. The van der Waals surface area contributed by atoms with E-state index >= 15 is 0 Å². The number of aryl methyl sites for hydroxylation is 1. The zero-order valence-corrected chi connectivity index (χ0v) is 17.7. The van der Waals surface area contributed by atoms with Gasteiger partial charge in [-0.1, -0.05) is 12.1 Å². The number of nitrogens with one attached hydrogen (secondary N) is 2. The first-order valence-corrected chi connectivity index (χ1v) is 9.05. The summed E-state index contributed by atoms with van der Waals surface area (Å²) in [6.45, 7) is 3.63. The Bertz CT molecular complexity index is 727. The molecule has 0 unspecified atom stereocenters. The van der Waals surface area contributed by atoms with Crippen LogP contribution in [0, 0.1) is 12.7 Å². The quantitative estimate of drug-likeness (QED) is 0.382. The van der Waals surface area contributed by atoms with Gasteiger partial charge in [0, 0.05) is 43.0 Å². The maximum absolute atomic E-state index is 13.5. The van der Waals surface area contributed by atoms with E-state index in [9.17, 15) is 4.39 Å². The second kappa shape index (κ2) is 8.93. The van der Waals surface area contributed by atoms with Gasteiger partial charge < -0.3 is 10.6 Å². The van der Waals surface area contributed by atoms with Crippen molar-refractivity contribution in [2.45, 2.75) is 31.6 Å². The van der Waals surface area contributed by atoms with Crippen molar-refractivity contribution in [3.63, 3.8) is 0 Å². The van der Waals surface area contributed by atoms with Crippen LogP contribution < -0.4 is 10.6 Å². The van der Waals surface area contributed by atoms with E-state index in [1.54, 1.807) is 30.5 Å². The molecule has 3 rings (SSSR count). The Balaban J connectivity index is 0.00000225. The van der Waals surface area contributed by atoms with E-state index in [0.29, 0.717) is 0 Å². The van der Waals surface area contributed by atoms with Gasteiger partial charge in [0.1, 0.15) is 5.82 Å². The fraction of sp³-hybridized carbons (Fsp3) is 0.444. The highest BCUT2D eigenvalue weighted by atomic mass is 127. The molecule has 7 heteroatoms. The molecule has 4 nitrogen and oxygen atoms in total. The average Bonchev–Trinajstić information content (AvgIpc) is 3.26. The summed E-state index contributed by atoms with van der Waals surface area (Å²) in [6, 6.07) is 6.94.